The van der Waals surface area contributed by atoms with Crippen molar-refractivity contribution in [2.24, 2.45) is 0 Å². The van der Waals surface area contributed by atoms with Crippen LogP contribution in [0.4, 0.5) is 0 Å². The number of carbonyl (C=O) groups is 1. The highest BCUT2D eigenvalue weighted by atomic mass is 32.2. The first-order valence-electron chi connectivity index (χ1n) is 5.57. The summed E-state index contributed by atoms with van der Waals surface area (Å²) < 4.78 is 32.1. The summed E-state index contributed by atoms with van der Waals surface area (Å²) in [5.41, 5.74) is -0.582. The number of carbonyl (C=O) groups excluding carboxylic acids is 1. The van der Waals surface area contributed by atoms with E-state index in [0.29, 0.717) is 0 Å². The average molecular weight is 266 g/mol. The van der Waals surface area contributed by atoms with Crippen LogP contribution in [0, 0.1) is 0 Å². The second-order valence-electron chi connectivity index (χ2n) is 4.59. The van der Waals surface area contributed by atoms with E-state index in [0.717, 1.165) is 4.31 Å². The minimum Gasteiger partial charge on any atom is -0.465 e. The molecule has 17 heavy (non-hydrogen) atoms. The minimum atomic E-state index is -3.66. The summed E-state index contributed by atoms with van der Waals surface area (Å²) in [5.74, 6) is -0.548. The Balaban J connectivity index is 4.70. The van der Waals surface area contributed by atoms with Gasteiger partial charge < -0.3 is 4.74 Å². The number of likely N-dealkylation sites (N-methyl/N-ethyl adjacent to an activating group) is 1. The number of nitrogens with zero attached hydrogens (tertiary/aromatic N) is 1. The highest BCUT2D eigenvalue weighted by molar-refractivity contribution is 7.87. The van der Waals surface area contributed by atoms with E-state index in [9.17, 15) is 13.2 Å². The van der Waals surface area contributed by atoms with Crippen molar-refractivity contribution >= 4 is 16.2 Å². The summed E-state index contributed by atoms with van der Waals surface area (Å²) in [4.78, 5) is 11.3. The molecular formula is C10H22N2O4S. The van der Waals surface area contributed by atoms with Crippen molar-refractivity contribution in [1.82, 2.24) is 9.03 Å². The summed E-state index contributed by atoms with van der Waals surface area (Å²) >= 11 is 0. The van der Waals surface area contributed by atoms with Gasteiger partial charge in [-0.15, -0.1) is 0 Å². The molecule has 0 spiro atoms. The second kappa shape index (κ2) is 6.32. The van der Waals surface area contributed by atoms with Gasteiger partial charge in [-0.25, -0.2) is 0 Å². The predicted octanol–water partition coefficient (Wildman–Crippen LogP) is 0.504. The van der Waals surface area contributed by atoms with Crippen LogP contribution in [0.1, 0.15) is 34.6 Å². The SMILES string of the molecule is CCOC(=O)CN(CC)S(=O)(=O)NC(C)(C)C. The lowest BCUT2D eigenvalue weighted by molar-refractivity contribution is -0.143. The number of esters is 1. The zero-order valence-corrected chi connectivity index (χ0v) is 11.9. The molecule has 0 fully saturated rings. The van der Waals surface area contributed by atoms with Crippen molar-refractivity contribution in [3.05, 3.63) is 0 Å². The third-order valence-corrected chi connectivity index (χ3v) is 3.68. The van der Waals surface area contributed by atoms with E-state index in [4.69, 9.17) is 4.74 Å². The van der Waals surface area contributed by atoms with Crippen LogP contribution < -0.4 is 4.72 Å². The van der Waals surface area contributed by atoms with Crippen molar-refractivity contribution in [3.8, 4) is 0 Å². The lowest BCUT2D eigenvalue weighted by Crippen LogP contribution is -2.50. The molecule has 0 heterocycles. The number of hydrogen-bond acceptors (Lipinski definition) is 4. The molecule has 1 N–H and O–H groups in total. The summed E-state index contributed by atoms with van der Waals surface area (Å²) in [6, 6.07) is 0. The maximum Gasteiger partial charge on any atom is 0.321 e. The quantitative estimate of drug-likeness (QED) is 0.711. The summed E-state index contributed by atoms with van der Waals surface area (Å²) in [7, 11) is -3.66. The number of rotatable bonds is 6. The highest BCUT2D eigenvalue weighted by Gasteiger charge is 2.27. The molecule has 0 aromatic carbocycles. The fraction of sp³-hybridized carbons (Fsp3) is 0.900. The second-order valence-corrected chi connectivity index (χ2v) is 6.26. The Morgan fingerprint density at radius 3 is 2.18 bits per heavy atom. The zero-order chi connectivity index (χ0) is 13.7. The van der Waals surface area contributed by atoms with Gasteiger partial charge in [0, 0.05) is 12.1 Å². The first-order valence-corrected chi connectivity index (χ1v) is 7.01. The molecule has 0 aliphatic heterocycles. The standard InChI is InChI=1S/C10H22N2O4S/c1-6-12(8-9(13)16-7-2)17(14,15)11-10(3,4)5/h11H,6-8H2,1-5H3. The van der Waals surface area contributed by atoms with Crippen LogP contribution >= 0.6 is 0 Å². The van der Waals surface area contributed by atoms with Crippen molar-refractivity contribution in [2.75, 3.05) is 19.7 Å². The topological polar surface area (TPSA) is 75.7 Å². The summed E-state index contributed by atoms with van der Waals surface area (Å²) in [6.45, 7) is 8.74. The van der Waals surface area contributed by atoms with Crippen LogP contribution in [0.15, 0.2) is 0 Å². The molecule has 0 aromatic heterocycles. The Kier molecular flexibility index (Phi) is 6.08. The Morgan fingerprint density at radius 2 is 1.82 bits per heavy atom. The van der Waals surface area contributed by atoms with E-state index in [1.165, 1.54) is 0 Å². The van der Waals surface area contributed by atoms with Gasteiger partial charge in [-0.2, -0.15) is 17.4 Å². The van der Waals surface area contributed by atoms with Gasteiger partial charge in [0.1, 0.15) is 6.54 Å². The van der Waals surface area contributed by atoms with Gasteiger partial charge in [0.15, 0.2) is 0 Å². The normalized spacial score (nSPS) is 12.8. The van der Waals surface area contributed by atoms with Gasteiger partial charge in [-0.05, 0) is 27.7 Å². The molecule has 102 valence electrons. The fourth-order valence-corrected chi connectivity index (χ4v) is 2.69. The van der Waals surface area contributed by atoms with Crippen LogP contribution in [0.3, 0.4) is 0 Å². The monoisotopic (exact) mass is 266 g/mol. The Hall–Kier alpha value is -0.660. The van der Waals surface area contributed by atoms with Crippen LogP contribution in [0.25, 0.3) is 0 Å². The molecule has 0 amide bonds. The minimum absolute atomic E-state index is 0.213. The molecule has 0 aliphatic rings. The van der Waals surface area contributed by atoms with Gasteiger partial charge in [0.05, 0.1) is 6.61 Å². The molecule has 0 aromatic rings. The predicted molar refractivity (Wildman–Crippen MR) is 65.7 cm³/mol. The Labute approximate surface area is 104 Å². The number of nitrogens with one attached hydrogen (secondary N) is 1. The van der Waals surface area contributed by atoms with Crippen LogP contribution in [-0.4, -0.2) is 43.9 Å². The highest BCUT2D eigenvalue weighted by Crippen LogP contribution is 2.06. The van der Waals surface area contributed by atoms with E-state index in [-0.39, 0.29) is 19.7 Å². The molecular weight excluding hydrogens is 244 g/mol. The van der Waals surface area contributed by atoms with Crippen LogP contribution in [0.2, 0.25) is 0 Å². The molecule has 0 bridgehead atoms. The molecule has 0 saturated heterocycles. The molecule has 7 heteroatoms. The molecule has 0 aliphatic carbocycles. The van der Waals surface area contributed by atoms with E-state index < -0.39 is 21.7 Å². The smallest absolute Gasteiger partial charge is 0.321 e. The third kappa shape index (κ3) is 6.60. The summed E-state index contributed by atoms with van der Waals surface area (Å²) in [5, 5.41) is 0. The molecule has 6 nitrogen and oxygen atoms in total. The molecule has 0 atom stereocenters. The fourth-order valence-electron chi connectivity index (χ4n) is 1.17. The van der Waals surface area contributed by atoms with Crippen molar-refractivity contribution in [3.63, 3.8) is 0 Å². The lowest BCUT2D eigenvalue weighted by Gasteiger charge is -2.26. The lowest BCUT2D eigenvalue weighted by atomic mass is 10.1. The van der Waals surface area contributed by atoms with Gasteiger partial charge in [0.2, 0.25) is 0 Å². The van der Waals surface area contributed by atoms with Crippen molar-refractivity contribution < 1.29 is 17.9 Å². The van der Waals surface area contributed by atoms with Crippen molar-refractivity contribution in [2.45, 2.75) is 40.2 Å². The van der Waals surface area contributed by atoms with Gasteiger partial charge in [-0.3, -0.25) is 4.79 Å². The maximum absolute atomic E-state index is 11.9. The molecule has 0 unspecified atom stereocenters. The Bertz CT molecular complexity index is 346. The van der Waals surface area contributed by atoms with E-state index in [1.54, 1.807) is 34.6 Å². The van der Waals surface area contributed by atoms with Gasteiger partial charge in [-0.1, -0.05) is 6.92 Å². The molecule has 0 rings (SSSR count). The number of ether oxygens (including phenoxy) is 1. The van der Waals surface area contributed by atoms with E-state index in [2.05, 4.69) is 4.72 Å². The molecule has 0 radical (unpaired) electrons. The van der Waals surface area contributed by atoms with Crippen LogP contribution in [0.5, 0.6) is 0 Å². The van der Waals surface area contributed by atoms with E-state index in [1.807, 2.05) is 0 Å². The van der Waals surface area contributed by atoms with E-state index >= 15 is 0 Å². The molecule has 0 saturated carbocycles. The Morgan fingerprint density at radius 1 is 1.29 bits per heavy atom. The van der Waals surface area contributed by atoms with Gasteiger partial charge >= 0.3 is 5.97 Å². The van der Waals surface area contributed by atoms with Crippen LogP contribution in [-0.2, 0) is 19.7 Å². The largest absolute Gasteiger partial charge is 0.465 e. The van der Waals surface area contributed by atoms with Gasteiger partial charge in [0.25, 0.3) is 10.2 Å². The third-order valence-electron chi connectivity index (χ3n) is 1.74. The average Bonchev–Trinajstić information content (AvgIpc) is 2.10. The first-order chi connectivity index (χ1) is 7.62. The maximum atomic E-state index is 11.9. The first kappa shape index (κ1) is 16.3. The van der Waals surface area contributed by atoms with Crippen molar-refractivity contribution in [1.29, 1.82) is 0 Å². The number of hydrogen-bond donors (Lipinski definition) is 1. The zero-order valence-electron chi connectivity index (χ0n) is 11.1. The summed E-state index contributed by atoms with van der Waals surface area (Å²) in [6.07, 6.45) is 0.